The molecule has 62 valence electrons. The summed E-state index contributed by atoms with van der Waals surface area (Å²) in [6.45, 7) is 11.4. The van der Waals surface area contributed by atoms with Crippen LogP contribution in [0.2, 0.25) is 0 Å². The van der Waals surface area contributed by atoms with E-state index in [1.165, 1.54) is 0 Å². The average Bonchev–Trinajstić information content (AvgIpc) is 1.61. The maximum Gasteiger partial charge on any atom is 0.0682 e. The summed E-state index contributed by atoms with van der Waals surface area (Å²) < 4.78 is 0. The Labute approximate surface area is 64.2 Å². The zero-order valence-corrected chi connectivity index (χ0v) is 7.78. The van der Waals surface area contributed by atoms with Crippen LogP contribution in [0.15, 0.2) is 0 Å². The summed E-state index contributed by atoms with van der Waals surface area (Å²) in [7, 11) is 0. The number of hydrogen-bond acceptors (Lipinski definition) is 2. The molecule has 0 aromatic heterocycles. The molecule has 1 atom stereocenters. The SMILES string of the molecule is CCNC(C)(N)C(C)(C)C. The van der Waals surface area contributed by atoms with E-state index in [4.69, 9.17) is 5.73 Å². The maximum atomic E-state index is 5.99. The number of nitrogens with one attached hydrogen (secondary N) is 1. The first-order chi connectivity index (χ1) is 4.31. The van der Waals surface area contributed by atoms with Crippen LogP contribution in [-0.2, 0) is 0 Å². The molecule has 3 N–H and O–H groups in total. The van der Waals surface area contributed by atoms with Crippen LogP contribution in [0.4, 0.5) is 0 Å². The molecule has 0 bridgehead atoms. The molecule has 0 aromatic carbocycles. The molecule has 0 aromatic rings. The zero-order chi connectivity index (χ0) is 8.41. The summed E-state index contributed by atoms with van der Waals surface area (Å²) in [6, 6.07) is 0. The normalized spacial score (nSPS) is 18.6. The topological polar surface area (TPSA) is 38.0 Å². The van der Waals surface area contributed by atoms with Crippen molar-refractivity contribution in [3.8, 4) is 0 Å². The first kappa shape index (κ1) is 9.92. The van der Waals surface area contributed by atoms with Crippen molar-refractivity contribution in [2.24, 2.45) is 11.1 Å². The van der Waals surface area contributed by atoms with E-state index in [9.17, 15) is 0 Å². The number of hydrogen-bond donors (Lipinski definition) is 2. The van der Waals surface area contributed by atoms with Crippen LogP contribution in [0, 0.1) is 5.41 Å². The second-order valence-corrected chi connectivity index (χ2v) is 3.98. The van der Waals surface area contributed by atoms with E-state index in [-0.39, 0.29) is 11.1 Å². The van der Waals surface area contributed by atoms with Gasteiger partial charge in [0.15, 0.2) is 0 Å². The van der Waals surface area contributed by atoms with E-state index in [0.29, 0.717) is 0 Å². The maximum absolute atomic E-state index is 5.99. The smallest absolute Gasteiger partial charge is 0.0682 e. The van der Waals surface area contributed by atoms with Crippen LogP contribution in [0.3, 0.4) is 0 Å². The van der Waals surface area contributed by atoms with Crippen LogP contribution in [0.1, 0.15) is 34.6 Å². The minimum absolute atomic E-state index is 0.114. The van der Waals surface area contributed by atoms with E-state index in [1.54, 1.807) is 0 Å². The number of rotatable bonds is 2. The largest absolute Gasteiger partial charge is 0.313 e. The van der Waals surface area contributed by atoms with Gasteiger partial charge in [-0.1, -0.05) is 27.7 Å². The Morgan fingerprint density at radius 3 is 1.70 bits per heavy atom. The zero-order valence-electron chi connectivity index (χ0n) is 7.78. The molecule has 2 nitrogen and oxygen atoms in total. The van der Waals surface area contributed by atoms with Gasteiger partial charge in [0.25, 0.3) is 0 Å². The van der Waals surface area contributed by atoms with Gasteiger partial charge < -0.3 is 5.73 Å². The van der Waals surface area contributed by atoms with Crippen molar-refractivity contribution in [3.63, 3.8) is 0 Å². The van der Waals surface area contributed by atoms with E-state index < -0.39 is 0 Å². The minimum atomic E-state index is -0.262. The molecule has 0 saturated heterocycles. The molecule has 0 amide bonds. The molecule has 0 rings (SSSR count). The summed E-state index contributed by atoms with van der Waals surface area (Å²) in [5.74, 6) is 0. The molecule has 10 heavy (non-hydrogen) atoms. The van der Waals surface area contributed by atoms with Gasteiger partial charge in [-0.05, 0) is 18.9 Å². The van der Waals surface area contributed by atoms with E-state index in [1.807, 2.05) is 6.92 Å². The first-order valence-electron chi connectivity index (χ1n) is 3.85. The lowest BCUT2D eigenvalue weighted by atomic mass is 9.82. The number of nitrogens with two attached hydrogens (primary N) is 1. The van der Waals surface area contributed by atoms with Crippen molar-refractivity contribution < 1.29 is 0 Å². The van der Waals surface area contributed by atoms with Crippen LogP contribution < -0.4 is 11.1 Å². The Morgan fingerprint density at radius 1 is 1.20 bits per heavy atom. The lowest BCUT2D eigenvalue weighted by molar-refractivity contribution is 0.166. The van der Waals surface area contributed by atoms with E-state index in [2.05, 4.69) is 33.0 Å². The highest BCUT2D eigenvalue weighted by Gasteiger charge is 2.31. The van der Waals surface area contributed by atoms with Crippen LogP contribution in [-0.4, -0.2) is 12.2 Å². The highest BCUT2D eigenvalue weighted by atomic mass is 15.1. The third kappa shape index (κ3) is 2.27. The van der Waals surface area contributed by atoms with Gasteiger partial charge in [-0.25, -0.2) is 0 Å². The summed E-state index contributed by atoms with van der Waals surface area (Å²) >= 11 is 0. The Morgan fingerprint density at radius 2 is 1.60 bits per heavy atom. The molecule has 0 fully saturated rings. The molecule has 2 heteroatoms. The summed E-state index contributed by atoms with van der Waals surface area (Å²) in [4.78, 5) is 0. The second kappa shape index (κ2) is 2.89. The predicted molar refractivity (Wildman–Crippen MR) is 45.7 cm³/mol. The summed E-state index contributed by atoms with van der Waals surface area (Å²) in [6.07, 6.45) is 0. The second-order valence-electron chi connectivity index (χ2n) is 3.98. The Hall–Kier alpha value is -0.0800. The van der Waals surface area contributed by atoms with Crippen LogP contribution >= 0.6 is 0 Å². The van der Waals surface area contributed by atoms with Gasteiger partial charge in [0.2, 0.25) is 0 Å². The summed E-state index contributed by atoms with van der Waals surface area (Å²) in [5, 5.41) is 3.24. The average molecular weight is 144 g/mol. The van der Waals surface area contributed by atoms with Crippen molar-refractivity contribution in [1.29, 1.82) is 0 Å². The molecule has 0 radical (unpaired) electrons. The van der Waals surface area contributed by atoms with Crippen molar-refractivity contribution in [2.45, 2.75) is 40.3 Å². The molecular formula is C8H20N2. The van der Waals surface area contributed by atoms with Crippen molar-refractivity contribution in [3.05, 3.63) is 0 Å². The third-order valence-corrected chi connectivity index (χ3v) is 2.10. The molecular weight excluding hydrogens is 124 g/mol. The van der Waals surface area contributed by atoms with Crippen molar-refractivity contribution >= 4 is 0 Å². The minimum Gasteiger partial charge on any atom is -0.313 e. The van der Waals surface area contributed by atoms with Gasteiger partial charge in [-0.15, -0.1) is 0 Å². The fourth-order valence-electron chi connectivity index (χ4n) is 0.632. The molecule has 0 saturated carbocycles. The van der Waals surface area contributed by atoms with E-state index >= 15 is 0 Å². The van der Waals surface area contributed by atoms with Gasteiger partial charge >= 0.3 is 0 Å². The third-order valence-electron chi connectivity index (χ3n) is 2.10. The summed E-state index contributed by atoms with van der Waals surface area (Å²) in [5.41, 5.74) is 5.85. The fourth-order valence-corrected chi connectivity index (χ4v) is 0.632. The van der Waals surface area contributed by atoms with Crippen molar-refractivity contribution in [1.82, 2.24) is 5.32 Å². The monoisotopic (exact) mass is 144 g/mol. The van der Waals surface area contributed by atoms with Gasteiger partial charge in [0.1, 0.15) is 0 Å². The Bertz CT molecular complexity index is 100. The Balaban J connectivity index is 4.10. The van der Waals surface area contributed by atoms with Gasteiger partial charge in [0.05, 0.1) is 5.66 Å². The molecule has 0 heterocycles. The lowest BCUT2D eigenvalue weighted by Gasteiger charge is -2.39. The quantitative estimate of drug-likeness (QED) is 0.574. The molecule has 1 unspecified atom stereocenters. The Kier molecular flexibility index (Phi) is 2.86. The molecule has 0 aliphatic rings. The molecule has 0 aliphatic carbocycles. The lowest BCUT2D eigenvalue weighted by Crippen LogP contribution is -2.59. The first-order valence-corrected chi connectivity index (χ1v) is 3.85. The van der Waals surface area contributed by atoms with Gasteiger partial charge in [-0.3, -0.25) is 5.32 Å². The highest BCUT2D eigenvalue weighted by Crippen LogP contribution is 2.24. The highest BCUT2D eigenvalue weighted by molar-refractivity contribution is 4.87. The van der Waals surface area contributed by atoms with Crippen LogP contribution in [0.5, 0.6) is 0 Å². The van der Waals surface area contributed by atoms with Crippen LogP contribution in [0.25, 0.3) is 0 Å². The van der Waals surface area contributed by atoms with Gasteiger partial charge in [-0.2, -0.15) is 0 Å². The molecule has 0 spiro atoms. The van der Waals surface area contributed by atoms with E-state index in [0.717, 1.165) is 6.54 Å². The standard InChI is InChI=1S/C8H20N2/c1-6-10-8(5,9)7(2,3)4/h10H,6,9H2,1-5H3. The fraction of sp³-hybridized carbons (Fsp3) is 1.00. The van der Waals surface area contributed by atoms with Crippen molar-refractivity contribution in [2.75, 3.05) is 6.54 Å². The van der Waals surface area contributed by atoms with Gasteiger partial charge in [0, 0.05) is 0 Å². The molecule has 0 aliphatic heterocycles. The predicted octanol–water partition coefficient (Wildman–Crippen LogP) is 1.32.